The van der Waals surface area contributed by atoms with Crippen LogP contribution in [0.3, 0.4) is 0 Å². The van der Waals surface area contributed by atoms with Crippen LogP contribution in [0.25, 0.3) is 0 Å². The molecule has 0 aliphatic carbocycles. The largest absolute Gasteiger partial charge is 0.397 e. The molecule has 0 saturated carbocycles. The molecule has 1 unspecified atom stereocenters. The van der Waals surface area contributed by atoms with Gasteiger partial charge in [0.1, 0.15) is 0 Å². The molecule has 0 spiro atoms. The Labute approximate surface area is 107 Å². The maximum Gasteiger partial charge on any atom is 0.238 e. The van der Waals surface area contributed by atoms with Crippen LogP contribution in [0.2, 0.25) is 0 Å². The van der Waals surface area contributed by atoms with Crippen LogP contribution in [0.15, 0.2) is 23.1 Å². The number of nitrogens with two attached hydrogens (primary N) is 2. The third-order valence-corrected chi connectivity index (χ3v) is 4.02. The Kier molecular flexibility index (Phi) is 3.47. The Bertz CT molecular complexity index is 544. The number of nitrogens with one attached hydrogen (secondary N) is 1. The molecule has 1 aromatic rings. The summed E-state index contributed by atoms with van der Waals surface area (Å²) in [5.74, 6) is 0. The highest BCUT2D eigenvalue weighted by Crippen LogP contribution is 2.24. The normalized spacial score (nSPS) is 21.1. The van der Waals surface area contributed by atoms with E-state index in [1.54, 1.807) is 6.07 Å². The van der Waals surface area contributed by atoms with E-state index in [9.17, 15) is 8.42 Å². The number of rotatable bonds is 3. The van der Waals surface area contributed by atoms with Crippen LogP contribution in [0, 0.1) is 0 Å². The molecular formula is C11H18N4O2S. The quantitative estimate of drug-likeness (QED) is 0.673. The van der Waals surface area contributed by atoms with E-state index in [2.05, 4.69) is 10.2 Å². The van der Waals surface area contributed by atoms with Gasteiger partial charge < -0.3 is 16.0 Å². The summed E-state index contributed by atoms with van der Waals surface area (Å²) in [6.45, 7) is 1.94. The molecule has 1 saturated heterocycles. The lowest BCUT2D eigenvalue weighted by Crippen LogP contribution is -2.24. The third-order valence-electron chi connectivity index (χ3n) is 3.10. The van der Waals surface area contributed by atoms with E-state index < -0.39 is 10.0 Å². The van der Waals surface area contributed by atoms with Crippen molar-refractivity contribution in [2.24, 2.45) is 5.14 Å². The smallest absolute Gasteiger partial charge is 0.238 e. The molecule has 0 aromatic heterocycles. The number of likely N-dealkylation sites (N-methyl/N-ethyl adjacent to an activating group) is 1. The Morgan fingerprint density at radius 1 is 1.44 bits per heavy atom. The van der Waals surface area contributed by atoms with Crippen molar-refractivity contribution >= 4 is 21.4 Å². The predicted octanol–water partition coefficient (Wildman–Crippen LogP) is 0.0322. The number of likely N-dealkylation sites (tertiary alicyclic amines) is 1. The highest BCUT2D eigenvalue weighted by Gasteiger charge is 2.20. The fourth-order valence-corrected chi connectivity index (χ4v) is 2.65. The van der Waals surface area contributed by atoms with Gasteiger partial charge in [0.05, 0.1) is 16.3 Å². The van der Waals surface area contributed by atoms with Gasteiger partial charge in [-0.05, 0) is 38.2 Å². The van der Waals surface area contributed by atoms with Gasteiger partial charge in [-0.25, -0.2) is 13.6 Å². The number of benzene rings is 1. The van der Waals surface area contributed by atoms with Crippen molar-refractivity contribution in [3.05, 3.63) is 18.2 Å². The van der Waals surface area contributed by atoms with E-state index in [4.69, 9.17) is 10.9 Å². The molecule has 0 amide bonds. The summed E-state index contributed by atoms with van der Waals surface area (Å²) in [6, 6.07) is 4.74. The second-order valence-electron chi connectivity index (χ2n) is 4.69. The van der Waals surface area contributed by atoms with Gasteiger partial charge in [-0.15, -0.1) is 0 Å². The SMILES string of the molecule is CN1CCC(Nc2cc(S(N)(=O)=O)ccc2N)C1. The van der Waals surface area contributed by atoms with E-state index in [0.29, 0.717) is 11.4 Å². The van der Waals surface area contributed by atoms with Crippen molar-refractivity contribution in [3.63, 3.8) is 0 Å². The molecule has 1 aliphatic heterocycles. The molecule has 1 atom stereocenters. The number of hydrogen-bond donors (Lipinski definition) is 3. The highest BCUT2D eigenvalue weighted by atomic mass is 32.2. The summed E-state index contributed by atoms with van der Waals surface area (Å²) >= 11 is 0. The molecule has 1 aromatic carbocycles. The van der Waals surface area contributed by atoms with Crippen molar-refractivity contribution < 1.29 is 8.42 Å². The minimum Gasteiger partial charge on any atom is -0.397 e. The first-order valence-electron chi connectivity index (χ1n) is 5.73. The molecule has 7 heteroatoms. The molecular weight excluding hydrogens is 252 g/mol. The molecule has 6 nitrogen and oxygen atoms in total. The van der Waals surface area contributed by atoms with Crippen LogP contribution in [-0.2, 0) is 10.0 Å². The Morgan fingerprint density at radius 2 is 2.17 bits per heavy atom. The lowest BCUT2D eigenvalue weighted by Gasteiger charge is -2.16. The van der Waals surface area contributed by atoms with Crippen molar-refractivity contribution in [1.82, 2.24) is 4.90 Å². The number of nitrogens with zero attached hydrogens (tertiary/aromatic N) is 1. The van der Waals surface area contributed by atoms with E-state index in [0.717, 1.165) is 19.5 Å². The first kappa shape index (κ1) is 13.1. The molecule has 0 bridgehead atoms. The predicted molar refractivity (Wildman–Crippen MR) is 71.8 cm³/mol. The summed E-state index contributed by atoms with van der Waals surface area (Å²) in [4.78, 5) is 2.28. The molecule has 0 radical (unpaired) electrons. The average molecular weight is 270 g/mol. The van der Waals surface area contributed by atoms with Crippen LogP contribution < -0.4 is 16.2 Å². The van der Waals surface area contributed by atoms with Gasteiger partial charge in [0.25, 0.3) is 0 Å². The van der Waals surface area contributed by atoms with Gasteiger partial charge in [0.15, 0.2) is 0 Å². The summed E-state index contributed by atoms with van der Waals surface area (Å²) in [6.07, 6.45) is 1.01. The second kappa shape index (κ2) is 4.75. The lowest BCUT2D eigenvalue weighted by molar-refractivity contribution is 0.414. The minimum atomic E-state index is -3.69. The molecule has 1 fully saturated rings. The third kappa shape index (κ3) is 2.92. The van der Waals surface area contributed by atoms with Crippen molar-refractivity contribution in [2.75, 3.05) is 31.2 Å². The highest BCUT2D eigenvalue weighted by molar-refractivity contribution is 7.89. The van der Waals surface area contributed by atoms with Gasteiger partial charge in [0, 0.05) is 12.6 Å². The fourth-order valence-electron chi connectivity index (χ4n) is 2.11. The number of nitrogen functional groups attached to an aromatic ring is 1. The number of primary sulfonamides is 1. The number of hydrogen-bond acceptors (Lipinski definition) is 5. The summed E-state index contributed by atoms with van der Waals surface area (Å²) in [5, 5.41) is 8.37. The monoisotopic (exact) mass is 270 g/mol. The van der Waals surface area contributed by atoms with E-state index in [-0.39, 0.29) is 10.9 Å². The first-order chi connectivity index (χ1) is 8.36. The summed E-state index contributed by atoms with van der Waals surface area (Å²) in [7, 11) is -1.65. The average Bonchev–Trinajstić information content (AvgIpc) is 2.66. The molecule has 2 rings (SSSR count). The summed E-state index contributed by atoms with van der Waals surface area (Å²) < 4.78 is 22.6. The van der Waals surface area contributed by atoms with Crippen LogP contribution in [-0.4, -0.2) is 39.5 Å². The molecule has 1 heterocycles. The van der Waals surface area contributed by atoms with Crippen molar-refractivity contribution in [3.8, 4) is 0 Å². The van der Waals surface area contributed by atoms with Gasteiger partial charge >= 0.3 is 0 Å². The number of anilines is 2. The Morgan fingerprint density at radius 3 is 2.72 bits per heavy atom. The van der Waals surface area contributed by atoms with Gasteiger partial charge in [0.2, 0.25) is 10.0 Å². The Hall–Kier alpha value is -1.31. The zero-order valence-corrected chi connectivity index (χ0v) is 11.1. The second-order valence-corrected chi connectivity index (χ2v) is 6.25. The van der Waals surface area contributed by atoms with Gasteiger partial charge in [-0.1, -0.05) is 0 Å². The van der Waals surface area contributed by atoms with Crippen molar-refractivity contribution in [1.29, 1.82) is 0 Å². The zero-order chi connectivity index (χ0) is 13.3. The van der Waals surface area contributed by atoms with Gasteiger partial charge in [-0.3, -0.25) is 0 Å². The number of sulfonamides is 1. The molecule has 1 aliphatic rings. The molecule has 5 N–H and O–H groups in total. The maximum atomic E-state index is 11.3. The van der Waals surface area contributed by atoms with Gasteiger partial charge in [-0.2, -0.15) is 0 Å². The van der Waals surface area contributed by atoms with Crippen molar-refractivity contribution in [2.45, 2.75) is 17.4 Å². The molecule has 18 heavy (non-hydrogen) atoms. The summed E-state index contributed by atoms with van der Waals surface area (Å²) in [5.41, 5.74) is 6.99. The first-order valence-corrected chi connectivity index (χ1v) is 7.28. The van der Waals surface area contributed by atoms with Crippen LogP contribution >= 0.6 is 0 Å². The van der Waals surface area contributed by atoms with E-state index >= 15 is 0 Å². The van der Waals surface area contributed by atoms with E-state index in [1.165, 1.54) is 12.1 Å². The Balaban J connectivity index is 2.22. The van der Waals surface area contributed by atoms with Crippen LogP contribution in [0.1, 0.15) is 6.42 Å². The van der Waals surface area contributed by atoms with Crippen LogP contribution in [0.4, 0.5) is 11.4 Å². The lowest BCUT2D eigenvalue weighted by atomic mass is 10.2. The topological polar surface area (TPSA) is 101 Å². The maximum absolute atomic E-state index is 11.3. The van der Waals surface area contributed by atoms with E-state index in [1.807, 2.05) is 7.05 Å². The minimum absolute atomic E-state index is 0.0746. The van der Waals surface area contributed by atoms with Crippen LogP contribution in [0.5, 0.6) is 0 Å². The molecule has 100 valence electrons. The zero-order valence-electron chi connectivity index (χ0n) is 10.3. The fraction of sp³-hybridized carbons (Fsp3) is 0.455. The standard InChI is InChI=1S/C11H18N4O2S/c1-15-5-4-8(7-15)14-11-6-9(18(13,16)17)2-3-10(11)12/h2-3,6,8,14H,4-5,7,12H2,1H3,(H2,13,16,17).